The van der Waals surface area contributed by atoms with Gasteiger partial charge in [0.05, 0.1) is 0 Å². The Balaban J connectivity index is 1.88. The second kappa shape index (κ2) is 1.87. The molecule has 1 heteroatoms. The van der Waals surface area contributed by atoms with Crippen LogP contribution in [0.5, 0.6) is 0 Å². The van der Waals surface area contributed by atoms with E-state index in [4.69, 9.17) is 0 Å². The molecule has 0 spiro atoms. The summed E-state index contributed by atoms with van der Waals surface area (Å²) in [4.78, 5) is 0. The third-order valence-electron chi connectivity index (χ3n) is 0.809. The van der Waals surface area contributed by atoms with E-state index in [2.05, 4.69) is 13.3 Å². The lowest BCUT2D eigenvalue weighted by atomic mass is 11.0. The lowest BCUT2D eigenvalue weighted by molar-refractivity contribution is 1.46. The van der Waals surface area contributed by atoms with Crippen LogP contribution in [0, 0.1) is 6.42 Å². The van der Waals surface area contributed by atoms with Gasteiger partial charge < -0.3 is 0 Å². The molecule has 1 aliphatic rings. The Kier molecular flexibility index (Phi) is 1.41. The molecule has 0 N–H and O–H groups in total. The van der Waals surface area contributed by atoms with E-state index in [1.165, 1.54) is 12.2 Å². The van der Waals surface area contributed by atoms with E-state index in [0.29, 0.717) is 0 Å². The topological polar surface area (TPSA) is 0 Å². The molecule has 0 aromatic rings. The van der Waals surface area contributed by atoms with Gasteiger partial charge in [-0.05, 0) is 18.6 Å². The first-order chi connectivity index (χ1) is 2.93. The van der Waals surface area contributed by atoms with Crippen LogP contribution in [-0.2, 0) is 0 Å². The molecule has 0 saturated heterocycles. The van der Waals surface area contributed by atoms with Crippen molar-refractivity contribution in [2.24, 2.45) is 0 Å². The minimum atomic E-state index is 0.940. The lowest BCUT2D eigenvalue weighted by Gasteiger charge is -1.83. The fourth-order valence-corrected chi connectivity index (χ4v) is 1.22. The highest BCUT2D eigenvalue weighted by Crippen LogP contribution is 2.31. The minimum Gasteiger partial charge on any atom is -0.159 e. The summed E-state index contributed by atoms with van der Waals surface area (Å²) in [6.07, 6.45) is 3.70. The maximum Gasteiger partial charge on any atom is 0.00818 e. The second-order valence-electron chi connectivity index (χ2n) is 1.47. The van der Waals surface area contributed by atoms with Gasteiger partial charge in [-0.3, -0.25) is 0 Å². The molecule has 1 rings (SSSR count). The summed E-state index contributed by atoms with van der Waals surface area (Å²) in [5, 5.41) is 0.940. The Bertz CT molecular complexity index is 39.2. The molecule has 1 unspecified atom stereocenters. The van der Waals surface area contributed by atoms with Crippen molar-refractivity contribution >= 4 is 11.8 Å². The van der Waals surface area contributed by atoms with Crippen molar-refractivity contribution < 1.29 is 0 Å². The Labute approximate surface area is 43.3 Å². The molecule has 0 bridgehead atoms. The smallest absolute Gasteiger partial charge is 0.00818 e. The molecule has 0 heterocycles. The molecule has 1 saturated carbocycles. The standard InChI is InChI=1S/C5H9S/c1-2-6-5-3-4-5/h3,5H,2,4H2,1H3. The van der Waals surface area contributed by atoms with E-state index in [-0.39, 0.29) is 0 Å². The van der Waals surface area contributed by atoms with Gasteiger partial charge in [0.2, 0.25) is 0 Å². The summed E-state index contributed by atoms with van der Waals surface area (Å²) in [6.45, 7) is 2.21. The third kappa shape index (κ3) is 1.21. The Morgan fingerprint density at radius 1 is 2.00 bits per heavy atom. The van der Waals surface area contributed by atoms with Crippen molar-refractivity contribution in [1.82, 2.24) is 0 Å². The second-order valence-corrected chi connectivity index (χ2v) is 2.98. The van der Waals surface area contributed by atoms with Gasteiger partial charge in [0, 0.05) is 5.25 Å². The molecular formula is C5H9S. The van der Waals surface area contributed by atoms with Gasteiger partial charge in [-0.1, -0.05) is 6.92 Å². The summed E-state index contributed by atoms with van der Waals surface area (Å²) in [5.74, 6) is 1.28. The molecule has 1 radical (unpaired) electrons. The zero-order chi connectivity index (χ0) is 4.41. The molecule has 1 atom stereocenters. The fraction of sp³-hybridized carbons (Fsp3) is 0.800. The van der Waals surface area contributed by atoms with Crippen LogP contribution >= 0.6 is 11.8 Å². The average molecular weight is 101 g/mol. The summed E-state index contributed by atoms with van der Waals surface area (Å²) in [7, 11) is 0. The van der Waals surface area contributed by atoms with E-state index in [0.717, 1.165) is 5.25 Å². The Morgan fingerprint density at radius 2 is 2.67 bits per heavy atom. The summed E-state index contributed by atoms with van der Waals surface area (Å²) in [6, 6.07) is 0. The quantitative estimate of drug-likeness (QED) is 0.510. The van der Waals surface area contributed by atoms with Crippen molar-refractivity contribution in [3.63, 3.8) is 0 Å². The molecule has 0 amide bonds. The molecule has 6 heavy (non-hydrogen) atoms. The molecule has 0 aromatic heterocycles. The number of thioether (sulfide) groups is 1. The highest BCUT2D eigenvalue weighted by molar-refractivity contribution is 8.00. The number of rotatable bonds is 2. The Hall–Kier alpha value is 0.350. The first kappa shape index (κ1) is 4.51. The average Bonchev–Trinajstić information content (AvgIpc) is 2.21. The van der Waals surface area contributed by atoms with E-state index >= 15 is 0 Å². The van der Waals surface area contributed by atoms with Crippen LogP contribution in [0.3, 0.4) is 0 Å². The monoisotopic (exact) mass is 101 g/mol. The zero-order valence-corrected chi connectivity index (χ0v) is 4.79. The molecule has 0 aromatic carbocycles. The van der Waals surface area contributed by atoms with Gasteiger partial charge in [0.25, 0.3) is 0 Å². The fourth-order valence-electron chi connectivity index (χ4n) is 0.406. The van der Waals surface area contributed by atoms with Crippen LogP contribution in [0.25, 0.3) is 0 Å². The Morgan fingerprint density at radius 3 is 2.83 bits per heavy atom. The summed E-state index contributed by atoms with van der Waals surface area (Å²) in [5.41, 5.74) is 0. The highest BCUT2D eigenvalue weighted by Gasteiger charge is 2.20. The maximum atomic E-state index is 2.34. The lowest BCUT2D eigenvalue weighted by Crippen LogP contribution is -1.69. The first-order valence-electron chi connectivity index (χ1n) is 2.38. The first-order valence-corrected chi connectivity index (χ1v) is 3.43. The van der Waals surface area contributed by atoms with Crippen molar-refractivity contribution in [3.05, 3.63) is 6.42 Å². The summed E-state index contributed by atoms with van der Waals surface area (Å²) >= 11 is 2.04. The van der Waals surface area contributed by atoms with Crippen molar-refractivity contribution in [2.75, 3.05) is 5.75 Å². The zero-order valence-electron chi connectivity index (χ0n) is 3.98. The van der Waals surface area contributed by atoms with Gasteiger partial charge in [-0.25, -0.2) is 0 Å². The van der Waals surface area contributed by atoms with Crippen molar-refractivity contribution in [2.45, 2.75) is 18.6 Å². The van der Waals surface area contributed by atoms with E-state index in [1.807, 2.05) is 11.8 Å². The molecule has 0 aliphatic heterocycles. The molecule has 35 valence electrons. The van der Waals surface area contributed by atoms with Crippen LogP contribution in [0.15, 0.2) is 0 Å². The summed E-state index contributed by atoms with van der Waals surface area (Å²) < 4.78 is 0. The minimum absolute atomic E-state index is 0.940. The van der Waals surface area contributed by atoms with Gasteiger partial charge in [-0.2, -0.15) is 11.8 Å². The molecule has 0 nitrogen and oxygen atoms in total. The van der Waals surface area contributed by atoms with Gasteiger partial charge in [0.1, 0.15) is 0 Å². The van der Waals surface area contributed by atoms with Crippen LogP contribution < -0.4 is 0 Å². The predicted molar refractivity (Wildman–Crippen MR) is 30.8 cm³/mol. The third-order valence-corrected chi connectivity index (χ3v) is 1.96. The SMILES string of the molecule is CCSC1[CH]C1. The van der Waals surface area contributed by atoms with Crippen molar-refractivity contribution in [1.29, 1.82) is 0 Å². The molecule has 1 fully saturated rings. The van der Waals surface area contributed by atoms with Gasteiger partial charge in [0.15, 0.2) is 0 Å². The highest BCUT2D eigenvalue weighted by atomic mass is 32.2. The number of hydrogen-bond donors (Lipinski definition) is 0. The largest absolute Gasteiger partial charge is 0.159 e. The van der Waals surface area contributed by atoms with Crippen LogP contribution in [-0.4, -0.2) is 11.0 Å². The number of hydrogen-bond acceptors (Lipinski definition) is 1. The van der Waals surface area contributed by atoms with Gasteiger partial charge >= 0.3 is 0 Å². The van der Waals surface area contributed by atoms with Crippen LogP contribution in [0.2, 0.25) is 0 Å². The normalized spacial score (nSPS) is 21.5. The van der Waals surface area contributed by atoms with Crippen LogP contribution in [0.4, 0.5) is 0 Å². The van der Waals surface area contributed by atoms with Crippen molar-refractivity contribution in [3.8, 4) is 0 Å². The van der Waals surface area contributed by atoms with Crippen LogP contribution in [0.1, 0.15) is 13.3 Å². The van der Waals surface area contributed by atoms with E-state index < -0.39 is 0 Å². The molecule has 1 aliphatic carbocycles. The van der Waals surface area contributed by atoms with Gasteiger partial charge in [-0.15, -0.1) is 0 Å². The maximum absolute atomic E-state index is 2.34. The van der Waals surface area contributed by atoms with E-state index in [9.17, 15) is 0 Å². The van der Waals surface area contributed by atoms with E-state index in [1.54, 1.807) is 0 Å². The molecular weight excluding hydrogens is 92.1 g/mol. The predicted octanol–water partition coefficient (Wildman–Crippen LogP) is 1.72.